The van der Waals surface area contributed by atoms with Gasteiger partial charge in [-0.2, -0.15) is 0 Å². The van der Waals surface area contributed by atoms with Crippen LogP contribution in [-0.4, -0.2) is 5.71 Å². The molecule has 1 aliphatic rings. The van der Waals surface area contributed by atoms with Crippen LogP contribution in [0.4, 0.5) is 5.69 Å². The molecule has 0 unspecified atom stereocenters. The van der Waals surface area contributed by atoms with Crippen molar-refractivity contribution >= 4 is 22.4 Å². The van der Waals surface area contributed by atoms with Gasteiger partial charge in [0.05, 0.1) is 22.3 Å². The Labute approximate surface area is 115 Å². The van der Waals surface area contributed by atoms with Crippen LogP contribution in [0.1, 0.15) is 11.1 Å². The molecule has 0 radical (unpaired) electrons. The summed E-state index contributed by atoms with van der Waals surface area (Å²) in [5.41, 5.74) is 4.02. The van der Waals surface area contributed by atoms with Gasteiger partial charge in [0.15, 0.2) is 0 Å². The van der Waals surface area contributed by atoms with Gasteiger partial charge in [-0.25, -0.2) is 0 Å². The molecule has 4 rings (SSSR count). The number of rotatable bonds is 1. The monoisotopic (exact) mass is 261 g/mol. The third-order valence-electron chi connectivity index (χ3n) is 3.60. The van der Waals surface area contributed by atoms with Crippen molar-refractivity contribution in [2.24, 2.45) is 4.99 Å². The van der Waals surface area contributed by atoms with Crippen LogP contribution in [0.2, 0.25) is 0 Å². The van der Waals surface area contributed by atoms with Crippen molar-refractivity contribution in [1.29, 1.82) is 0 Å². The summed E-state index contributed by atoms with van der Waals surface area (Å²) in [5, 5.41) is 0.601. The van der Waals surface area contributed by atoms with E-state index in [-0.39, 0.29) is 5.43 Å². The van der Waals surface area contributed by atoms with Crippen LogP contribution in [-0.2, 0) is 6.42 Å². The van der Waals surface area contributed by atoms with Gasteiger partial charge >= 0.3 is 0 Å². The number of hydrogen-bond acceptors (Lipinski definition) is 3. The molecule has 2 heterocycles. The van der Waals surface area contributed by atoms with Crippen molar-refractivity contribution in [2.45, 2.75) is 6.42 Å². The van der Waals surface area contributed by atoms with Crippen molar-refractivity contribution in [2.75, 3.05) is 0 Å². The van der Waals surface area contributed by atoms with Crippen molar-refractivity contribution in [3.8, 4) is 0 Å². The lowest BCUT2D eigenvalue weighted by Gasteiger charge is -2.01. The third kappa shape index (κ3) is 1.60. The lowest BCUT2D eigenvalue weighted by Crippen LogP contribution is -2.15. The topological polar surface area (TPSA) is 42.6 Å². The van der Waals surface area contributed by atoms with E-state index in [9.17, 15) is 4.79 Å². The van der Waals surface area contributed by atoms with Gasteiger partial charge in [-0.05, 0) is 23.8 Å². The van der Waals surface area contributed by atoms with E-state index in [1.54, 1.807) is 12.1 Å². The van der Waals surface area contributed by atoms with E-state index in [1.807, 2.05) is 36.4 Å². The van der Waals surface area contributed by atoms with Crippen LogP contribution in [0.15, 0.2) is 69.0 Å². The Morgan fingerprint density at radius 3 is 2.70 bits per heavy atom. The van der Waals surface area contributed by atoms with Gasteiger partial charge in [0.25, 0.3) is 0 Å². The fourth-order valence-corrected chi connectivity index (χ4v) is 2.57. The summed E-state index contributed by atoms with van der Waals surface area (Å²) >= 11 is 0. The maximum absolute atomic E-state index is 12.5. The highest BCUT2D eigenvalue weighted by Gasteiger charge is 2.19. The first-order valence-corrected chi connectivity index (χ1v) is 6.49. The third-order valence-corrected chi connectivity index (χ3v) is 3.60. The number of hydrogen-bond donors (Lipinski definition) is 0. The summed E-state index contributed by atoms with van der Waals surface area (Å²) in [4.78, 5) is 17.1. The van der Waals surface area contributed by atoms with Gasteiger partial charge in [-0.1, -0.05) is 30.3 Å². The van der Waals surface area contributed by atoms with E-state index in [2.05, 4.69) is 4.99 Å². The van der Waals surface area contributed by atoms with Crippen LogP contribution in [0.5, 0.6) is 0 Å². The molecule has 0 saturated heterocycles. The van der Waals surface area contributed by atoms with E-state index in [4.69, 9.17) is 4.42 Å². The lowest BCUT2D eigenvalue weighted by atomic mass is 10.0. The Kier molecular flexibility index (Phi) is 2.33. The van der Waals surface area contributed by atoms with Gasteiger partial charge in [0.2, 0.25) is 5.43 Å². The minimum atomic E-state index is -0.0154. The minimum absolute atomic E-state index is 0.0154. The van der Waals surface area contributed by atoms with Crippen molar-refractivity contribution in [3.63, 3.8) is 0 Å². The predicted octanol–water partition coefficient (Wildman–Crippen LogP) is 3.47. The van der Waals surface area contributed by atoms with Crippen LogP contribution < -0.4 is 5.43 Å². The van der Waals surface area contributed by atoms with Crippen LogP contribution >= 0.6 is 0 Å². The molecule has 3 nitrogen and oxygen atoms in total. The first-order chi connectivity index (χ1) is 9.83. The second-order valence-electron chi connectivity index (χ2n) is 4.84. The highest BCUT2D eigenvalue weighted by molar-refractivity contribution is 6.07. The highest BCUT2D eigenvalue weighted by atomic mass is 16.3. The summed E-state index contributed by atoms with van der Waals surface area (Å²) in [6.45, 7) is 0. The predicted molar refractivity (Wildman–Crippen MR) is 78.8 cm³/mol. The van der Waals surface area contributed by atoms with Crippen LogP contribution in [0.25, 0.3) is 11.0 Å². The number of aliphatic imine (C=N–C) groups is 1. The quantitative estimate of drug-likeness (QED) is 0.673. The molecular formula is C17H11NO2. The second-order valence-corrected chi connectivity index (χ2v) is 4.84. The summed E-state index contributed by atoms with van der Waals surface area (Å²) in [6.07, 6.45) is 2.20. The summed E-state index contributed by atoms with van der Waals surface area (Å²) in [7, 11) is 0. The molecule has 0 aliphatic carbocycles. The Morgan fingerprint density at radius 2 is 1.80 bits per heavy atom. The zero-order valence-corrected chi connectivity index (χ0v) is 10.7. The SMILES string of the molecule is O=c1c(C2=Nc3ccccc3C2)coc2ccccc12. The minimum Gasteiger partial charge on any atom is -0.463 e. The molecule has 3 heteroatoms. The number of benzene rings is 2. The van der Waals surface area contributed by atoms with Crippen LogP contribution in [0.3, 0.4) is 0 Å². The van der Waals surface area contributed by atoms with Gasteiger partial charge < -0.3 is 4.42 Å². The molecule has 0 N–H and O–H groups in total. The van der Waals surface area contributed by atoms with E-state index >= 15 is 0 Å². The maximum atomic E-state index is 12.5. The van der Waals surface area contributed by atoms with E-state index in [0.717, 1.165) is 17.0 Å². The first-order valence-electron chi connectivity index (χ1n) is 6.49. The van der Waals surface area contributed by atoms with Crippen LogP contribution in [0, 0.1) is 0 Å². The molecule has 96 valence electrons. The second kappa shape index (κ2) is 4.17. The molecule has 0 spiro atoms. The summed E-state index contributed by atoms with van der Waals surface area (Å²) < 4.78 is 5.55. The average molecular weight is 261 g/mol. The Balaban J connectivity index is 1.90. The Morgan fingerprint density at radius 1 is 1.00 bits per heavy atom. The molecule has 1 aromatic heterocycles. The molecule has 0 bridgehead atoms. The standard InChI is InChI=1S/C17H11NO2/c19-17-12-6-2-4-8-16(12)20-10-13(17)15-9-11-5-1-3-7-14(11)18-15/h1-8,10H,9H2. The number of para-hydroxylation sites is 2. The van der Waals surface area contributed by atoms with Crippen molar-refractivity contribution in [1.82, 2.24) is 0 Å². The van der Waals surface area contributed by atoms with E-state index in [0.29, 0.717) is 23.0 Å². The molecule has 0 amide bonds. The molecular weight excluding hydrogens is 250 g/mol. The average Bonchev–Trinajstić information content (AvgIpc) is 2.91. The molecule has 0 saturated carbocycles. The van der Waals surface area contributed by atoms with Crippen molar-refractivity contribution in [3.05, 3.63) is 76.1 Å². The molecule has 20 heavy (non-hydrogen) atoms. The molecule has 0 atom stereocenters. The smallest absolute Gasteiger partial charge is 0.201 e. The molecule has 3 aromatic rings. The van der Waals surface area contributed by atoms with Gasteiger partial charge in [-0.3, -0.25) is 9.79 Å². The fraction of sp³-hybridized carbons (Fsp3) is 0.0588. The van der Waals surface area contributed by atoms with Gasteiger partial charge in [0.1, 0.15) is 11.8 Å². The van der Waals surface area contributed by atoms with Gasteiger partial charge in [-0.15, -0.1) is 0 Å². The number of nitrogens with zero attached hydrogens (tertiary/aromatic N) is 1. The highest BCUT2D eigenvalue weighted by Crippen LogP contribution is 2.27. The molecule has 1 aliphatic heterocycles. The molecule has 0 fully saturated rings. The molecule has 2 aromatic carbocycles. The zero-order chi connectivity index (χ0) is 13.5. The zero-order valence-electron chi connectivity index (χ0n) is 10.7. The Bertz CT molecular complexity index is 906. The normalized spacial score (nSPS) is 13.3. The van der Waals surface area contributed by atoms with Gasteiger partial charge in [0, 0.05) is 6.42 Å². The van der Waals surface area contributed by atoms with E-state index < -0.39 is 0 Å². The summed E-state index contributed by atoms with van der Waals surface area (Å²) in [5.74, 6) is 0. The Hall–Kier alpha value is -2.68. The fourth-order valence-electron chi connectivity index (χ4n) is 2.57. The number of fused-ring (bicyclic) bond motifs is 2. The maximum Gasteiger partial charge on any atom is 0.201 e. The first kappa shape index (κ1) is 11.2. The van der Waals surface area contributed by atoms with E-state index in [1.165, 1.54) is 6.26 Å². The summed E-state index contributed by atoms with van der Waals surface area (Å²) in [6, 6.07) is 15.2. The lowest BCUT2D eigenvalue weighted by molar-refractivity contribution is 0.601. The largest absolute Gasteiger partial charge is 0.463 e. The van der Waals surface area contributed by atoms with Crippen molar-refractivity contribution < 1.29 is 4.42 Å².